The second kappa shape index (κ2) is 6.90. The van der Waals surface area contributed by atoms with Crippen LogP contribution >= 0.6 is 0 Å². The summed E-state index contributed by atoms with van der Waals surface area (Å²) in [6, 6.07) is 0. The number of carbonyl (C=O) groups is 1. The average molecular weight is 279 g/mol. The van der Waals surface area contributed by atoms with Gasteiger partial charge in [-0.1, -0.05) is 6.42 Å². The number of piperidine rings is 1. The van der Waals surface area contributed by atoms with Crippen molar-refractivity contribution < 1.29 is 4.79 Å². The van der Waals surface area contributed by atoms with Gasteiger partial charge in [-0.15, -0.1) is 0 Å². The Hall–Kier alpha value is -0.610. The van der Waals surface area contributed by atoms with Crippen LogP contribution in [0.5, 0.6) is 0 Å². The molecule has 0 aromatic rings. The molecule has 2 heterocycles. The van der Waals surface area contributed by atoms with Crippen LogP contribution in [-0.4, -0.2) is 61.5 Å². The molecule has 3 fully saturated rings. The first-order valence-electron chi connectivity index (χ1n) is 8.52. The summed E-state index contributed by atoms with van der Waals surface area (Å²) >= 11 is 0. The van der Waals surface area contributed by atoms with Crippen molar-refractivity contribution in [1.82, 2.24) is 15.1 Å². The smallest absolute Gasteiger partial charge is 0.236 e. The summed E-state index contributed by atoms with van der Waals surface area (Å²) in [6.07, 6.45) is 8.02. The Morgan fingerprint density at radius 2 is 1.80 bits per heavy atom. The molecule has 4 heteroatoms. The first-order valence-corrected chi connectivity index (χ1v) is 8.52. The lowest BCUT2D eigenvalue weighted by atomic mass is 10.1. The standard InChI is InChI=1S/C16H29N3O/c20-16(11-17-10-14-4-5-14)19-9-6-15(13-19)12-18-7-2-1-3-8-18/h14-15,17H,1-13H2. The van der Waals surface area contributed by atoms with E-state index in [1.165, 1.54) is 58.2 Å². The van der Waals surface area contributed by atoms with Crippen LogP contribution in [0.15, 0.2) is 0 Å². The SMILES string of the molecule is O=C(CNCC1CC1)N1CCC(CN2CCCCC2)C1. The van der Waals surface area contributed by atoms with E-state index in [1.54, 1.807) is 0 Å². The molecule has 114 valence electrons. The zero-order chi connectivity index (χ0) is 13.8. The Bertz CT molecular complexity index is 324. The quantitative estimate of drug-likeness (QED) is 0.796. The van der Waals surface area contributed by atoms with Gasteiger partial charge in [0.2, 0.25) is 5.91 Å². The second-order valence-corrected chi connectivity index (χ2v) is 6.93. The van der Waals surface area contributed by atoms with Crippen LogP contribution < -0.4 is 5.32 Å². The number of nitrogens with one attached hydrogen (secondary N) is 1. The maximum atomic E-state index is 12.1. The van der Waals surface area contributed by atoms with Gasteiger partial charge in [0, 0.05) is 19.6 Å². The number of hydrogen-bond donors (Lipinski definition) is 1. The van der Waals surface area contributed by atoms with E-state index in [9.17, 15) is 4.79 Å². The molecule has 1 aliphatic carbocycles. The van der Waals surface area contributed by atoms with Crippen LogP contribution in [0.3, 0.4) is 0 Å². The first-order chi connectivity index (χ1) is 9.81. The molecule has 0 aromatic heterocycles. The minimum atomic E-state index is 0.312. The van der Waals surface area contributed by atoms with Gasteiger partial charge in [-0.3, -0.25) is 4.79 Å². The highest BCUT2D eigenvalue weighted by atomic mass is 16.2. The lowest BCUT2D eigenvalue weighted by Crippen LogP contribution is -2.39. The summed E-state index contributed by atoms with van der Waals surface area (Å²) < 4.78 is 0. The second-order valence-electron chi connectivity index (χ2n) is 6.93. The summed E-state index contributed by atoms with van der Waals surface area (Å²) in [4.78, 5) is 16.8. The van der Waals surface area contributed by atoms with Crippen molar-refractivity contribution in [3.8, 4) is 0 Å². The molecular weight excluding hydrogens is 250 g/mol. The molecule has 1 N–H and O–H groups in total. The van der Waals surface area contributed by atoms with Gasteiger partial charge in [-0.05, 0) is 63.6 Å². The van der Waals surface area contributed by atoms with Gasteiger partial charge in [0.15, 0.2) is 0 Å². The molecular formula is C16H29N3O. The Labute approximate surface area is 122 Å². The molecule has 0 bridgehead atoms. The number of amides is 1. The summed E-state index contributed by atoms with van der Waals surface area (Å²) in [6.45, 7) is 7.30. The van der Waals surface area contributed by atoms with Crippen LogP contribution in [0.25, 0.3) is 0 Å². The average Bonchev–Trinajstić information content (AvgIpc) is 3.17. The van der Waals surface area contributed by atoms with Gasteiger partial charge in [0.25, 0.3) is 0 Å². The number of likely N-dealkylation sites (tertiary alicyclic amines) is 2. The summed E-state index contributed by atoms with van der Waals surface area (Å²) in [5.41, 5.74) is 0. The number of hydrogen-bond acceptors (Lipinski definition) is 3. The van der Waals surface area contributed by atoms with E-state index in [-0.39, 0.29) is 0 Å². The van der Waals surface area contributed by atoms with Crippen LogP contribution in [0.4, 0.5) is 0 Å². The normalized spacial score (nSPS) is 28.0. The zero-order valence-corrected chi connectivity index (χ0v) is 12.6. The Morgan fingerprint density at radius 1 is 1.00 bits per heavy atom. The predicted octanol–water partition coefficient (Wildman–Crippen LogP) is 1.32. The third-order valence-electron chi connectivity index (χ3n) is 5.01. The fraction of sp³-hybridized carbons (Fsp3) is 0.938. The summed E-state index contributed by atoms with van der Waals surface area (Å²) in [5.74, 6) is 1.88. The van der Waals surface area contributed by atoms with Crippen molar-refractivity contribution in [2.75, 3.05) is 45.8 Å². The van der Waals surface area contributed by atoms with Crippen molar-refractivity contribution in [3.63, 3.8) is 0 Å². The van der Waals surface area contributed by atoms with E-state index in [1.807, 2.05) is 0 Å². The molecule has 3 aliphatic rings. The molecule has 0 radical (unpaired) electrons. The van der Waals surface area contributed by atoms with E-state index in [0.29, 0.717) is 18.4 Å². The first kappa shape index (κ1) is 14.3. The van der Waals surface area contributed by atoms with Crippen LogP contribution in [0.2, 0.25) is 0 Å². The predicted molar refractivity (Wildman–Crippen MR) is 80.6 cm³/mol. The number of nitrogens with zero attached hydrogens (tertiary/aromatic N) is 2. The molecule has 0 aromatic carbocycles. The molecule has 2 saturated heterocycles. The van der Waals surface area contributed by atoms with Gasteiger partial charge >= 0.3 is 0 Å². The fourth-order valence-electron chi connectivity index (χ4n) is 3.53. The maximum Gasteiger partial charge on any atom is 0.236 e. The van der Waals surface area contributed by atoms with E-state index >= 15 is 0 Å². The molecule has 1 saturated carbocycles. The van der Waals surface area contributed by atoms with Gasteiger partial charge in [-0.25, -0.2) is 0 Å². The minimum Gasteiger partial charge on any atom is -0.341 e. The largest absolute Gasteiger partial charge is 0.341 e. The van der Waals surface area contributed by atoms with Crippen LogP contribution in [-0.2, 0) is 4.79 Å². The number of rotatable bonds is 6. The molecule has 1 unspecified atom stereocenters. The molecule has 20 heavy (non-hydrogen) atoms. The van der Waals surface area contributed by atoms with E-state index in [4.69, 9.17) is 0 Å². The van der Waals surface area contributed by atoms with E-state index in [2.05, 4.69) is 15.1 Å². The summed E-state index contributed by atoms with van der Waals surface area (Å²) in [7, 11) is 0. The molecule has 2 aliphatic heterocycles. The van der Waals surface area contributed by atoms with E-state index in [0.717, 1.165) is 25.6 Å². The highest BCUT2D eigenvalue weighted by molar-refractivity contribution is 5.78. The lowest BCUT2D eigenvalue weighted by molar-refractivity contribution is -0.129. The monoisotopic (exact) mass is 279 g/mol. The fourth-order valence-corrected chi connectivity index (χ4v) is 3.53. The summed E-state index contributed by atoms with van der Waals surface area (Å²) in [5, 5.41) is 3.32. The van der Waals surface area contributed by atoms with E-state index < -0.39 is 0 Å². The Balaban J connectivity index is 1.33. The molecule has 4 nitrogen and oxygen atoms in total. The highest BCUT2D eigenvalue weighted by Gasteiger charge is 2.28. The van der Waals surface area contributed by atoms with Gasteiger partial charge in [0.1, 0.15) is 0 Å². The molecule has 1 amide bonds. The minimum absolute atomic E-state index is 0.312. The highest BCUT2D eigenvalue weighted by Crippen LogP contribution is 2.27. The molecule has 0 spiro atoms. The van der Waals surface area contributed by atoms with Crippen molar-refractivity contribution in [2.24, 2.45) is 11.8 Å². The molecule has 1 atom stereocenters. The third kappa shape index (κ3) is 4.19. The Morgan fingerprint density at radius 3 is 2.55 bits per heavy atom. The third-order valence-corrected chi connectivity index (χ3v) is 5.01. The topological polar surface area (TPSA) is 35.6 Å². The molecule has 3 rings (SSSR count). The van der Waals surface area contributed by atoms with Crippen molar-refractivity contribution in [3.05, 3.63) is 0 Å². The van der Waals surface area contributed by atoms with Crippen LogP contribution in [0.1, 0.15) is 38.5 Å². The van der Waals surface area contributed by atoms with Crippen molar-refractivity contribution in [2.45, 2.75) is 38.5 Å². The van der Waals surface area contributed by atoms with Gasteiger partial charge < -0.3 is 15.1 Å². The number of carbonyl (C=O) groups excluding carboxylic acids is 1. The van der Waals surface area contributed by atoms with Crippen molar-refractivity contribution in [1.29, 1.82) is 0 Å². The van der Waals surface area contributed by atoms with Crippen LogP contribution in [0, 0.1) is 11.8 Å². The van der Waals surface area contributed by atoms with Crippen molar-refractivity contribution >= 4 is 5.91 Å². The van der Waals surface area contributed by atoms with Gasteiger partial charge in [-0.2, -0.15) is 0 Å². The van der Waals surface area contributed by atoms with Gasteiger partial charge in [0.05, 0.1) is 6.54 Å². The Kier molecular flexibility index (Phi) is 4.94. The lowest BCUT2D eigenvalue weighted by Gasteiger charge is -2.29. The maximum absolute atomic E-state index is 12.1. The zero-order valence-electron chi connectivity index (χ0n) is 12.6.